The standard InChI is InChI=1S/C31H32BrFN4O4/c32-22-8-10-28(25(33)16-22)40-19-23-5-2-6-30(34-23)41-24-11-13-36(14-12-24)18-29-35-26-9-7-21(31(38)39)15-27(26)37(29)17-20-3-1-4-20/h2,5-10,15-16,20,24H,1,3-4,11-14,17-19H2,(H,38,39). The number of pyridine rings is 1. The number of likely N-dealkylation sites (tertiary alicyclic amines) is 1. The first-order chi connectivity index (χ1) is 19.9. The SMILES string of the molecule is O=C(O)c1ccc2nc(CN3CCC(Oc4cccc(COc5ccc(Br)cc5F)n4)CC3)n(CC3CCC3)c2c1. The van der Waals surface area contributed by atoms with Crippen molar-refractivity contribution in [3.8, 4) is 11.6 Å². The van der Waals surface area contributed by atoms with Crippen LogP contribution in [0.1, 0.15) is 54.0 Å². The molecule has 6 rings (SSSR count). The van der Waals surface area contributed by atoms with E-state index in [0.717, 1.165) is 49.3 Å². The van der Waals surface area contributed by atoms with Crippen LogP contribution in [0.3, 0.4) is 0 Å². The van der Waals surface area contributed by atoms with Gasteiger partial charge < -0.3 is 19.1 Å². The zero-order valence-corrected chi connectivity index (χ0v) is 24.2. The predicted octanol–water partition coefficient (Wildman–Crippen LogP) is 6.45. The molecule has 1 aliphatic heterocycles. The maximum atomic E-state index is 14.1. The highest BCUT2D eigenvalue weighted by atomic mass is 79.9. The molecule has 2 fully saturated rings. The monoisotopic (exact) mass is 622 g/mol. The molecular formula is C31H32BrFN4O4. The summed E-state index contributed by atoms with van der Waals surface area (Å²) in [4.78, 5) is 23.5. The zero-order valence-electron chi connectivity index (χ0n) is 22.6. The number of piperidine rings is 1. The number of ether oxygens (including phenoxy) is 2. The molecule has 1 saturated heterocycles. The van der Waals surface area contributed by atoms with Gasteiger partial charge in [-0.3, -0.25) is 4.90 Å². The second-order valence-corrected chi connectivity index (χ2v) is 11.8. The first kappa shape index (κ1) is 27.7. The average molecular weight is 624 g/mol. The van der Waals surface area contributed by atoms with E-state index in [4.69, 9.17) is 14.5 Å². The van der Waals surface area contributed by atoms with Gasteiger partial charge in [-0.05, 0) is 74.1 Å². The van der Waals surface area contributed by atoms with Crippen molar-refractivity contribution in [1.82, 2.24) is 19.4 Å². The maximum absolute atomic E-state index is 14.1. The molecule has 3 heterocycles. The van der Waals surface area contributed by atoms with Crippen molar-refractivity contribution < 1.29 is 23.8 Å². The molecule has 214 valence electrons. The van der Waals surface area contributed by atoms with Crippen LogP contribution in [-0.2, 0) is 19.7 Å². The highest BCUT2D eigenvalue weighted by Crippen LogP contribution is 2.31. The number of nitrogens with zero attached hydrogens (tertiary/aromatic N) is 4. The van der Waals surface area contributed by atoms with E-state index in [9.17, 15) is 14.3 Å². The molecule has 10 heteroatoms. The number of carboxylic acids is 1. The molecule has 2 aliphatic rings. The summed E-state index contributed by atoms with van der Waals surface area (Å²) in [5, 5.41) is 9.50. The minimum Gasteiger partial charge on any atom is -0.484 e. The molecule has 0 spiro atoms. The van der Waals surface area contributed by atoms with Crippen molar-refractivity contribution in [3.63, 3.8) is 0 Å². The van der Waals surface area contributed by atoms with Crippen LogP contribution in [0.5, 0.6) is 11.6 Å². The summed E-state index contributed by atoms with van der Waals surface area (Å²) < 4.78 is 28.8. The van der Waals surface area contributed by atoms with Crippen molar-refractivity contribution in [2.24, 2.45) is 5.92 Å². The highest BCUT2D eigenvalue weighted by molar-refractivity contribution is 9.10. The van der Waals surface area contributed by atoms with Gasteiger partial charge in [-0.15, -0.1) is 0 Å². The minimum atomic E-state index is -0.919. The molecule has 41 heavy (non-hydrogen) atoms. The van der Waals surface area contributed by atoms with Gasteiger partial charge in [0.15, 0.2) is 11.6 Å². The lowest BCUT2D eigenvalue weighted by atomic mass is 9.85. The fourth-order valence-corrected chi connectivity index (χ4v) is 5.80. The molecule has 2 aromatic heterocycles. The highest BCUT2D eigenvalue weighted by Gasteiger charge is 2.25. The summed E-state index contributed by atoms with van der Waals surface area (Å²) in [6.07, 6.45) is 5.45. The van der Waals surface area contributed by atoms with E-state index < -0.39 is 11.8 Å². The van der Waals surface area contributed by atoms with E-state index in [2.05, 4.69) is 30.4 Å². The molecule has 4 aromatic rings. The molecule has 1 N–H and O–H groups in total. The van der Waals surface area contributed by atoms with Gasteiger partial charge in [-0.2, -0.15) is 0 Å². The second kappa shape index (κ2) is 12.2. The number of aromatic carboxylic acids is 1. The van der Waals surface area contributed by atoms with Gasteiger partial charge in [-0.1, -0.05) is 28.4 Å². The van der Waals surface area contributed by atoms with Crippen molar-refractivity contribution in [2.75, 3.05) is 13.1 Å². The molecular weight excluding hydrogens is 591 g/mol. The molecule has 0 bridgehead atoms. The summed E-state index contributed by atoms with van der Waals surface area (Å²) >= 11 is 3.25. The van der Waals surface area contributed by atoms with Gasteiger partial charge in [0.25, 0.3) is 0 Å². The third kappa shape index (κ3) is 6.54. The van der Waals surface area contributed by atoms with Gasteiger partial charge in [0.05, 0.1) is 28.8 Å². The van der Waals surface area contributed by atoms with Gasteiger partial charge in [0, 0.05) is 30.2 Å². The first-order valence-electron chi connectivity index (χ1n) is 14.1. The number of carboxylic acid groups (broad SMARTS) is 1. The third-order valence-corrected chi connectivity index (χ3v) is 8.47. The molecule has 8 nitrogen and oxygen atoms in total. The number of imidazole rings is 1. The molecule has 0 amide bonds. The van der Waals surface area contributed by atoms with E-state index >= 15 is 0 Å². The Morgan fingerprint density at radius 3 is 2.61 bits per heavy atom. The fourth-order valence-electron chi connectivity index (χ4n) is 5.47. The predicted molar refractivity (Wildman–Crippen MR) is 156 cm³/mol. The van der Waals surface area contributed by atoms with Gasteiger partial charge in [-0.25, -0.2) is 19.2 Å². The van der Waals surface area contributed by atoms with E-state index in [-0.39, 0.29) is 18.5 Å². The van der Waals surface area contributed by atoms with E-state index in [0.29, 0.717) is 34.1 Å². The molecule has 0 atom stereocenters. The van der Waals surface area contributed by atoms with Crippen molar-refractivity contribution in [3.05, 3.63) is 82.0 Å². The number of benzene rings is 2. The average Bonchev–Trinajstić information content (AvgIpc) is 3.27. The van der Waals surface area contributed by atoms with E-state index in [1.54, 1.807) is 24.3 Å². The van der Waals surface area contributed by atoms with Crippen LogP contribution in [0.15, 0.2) is 59.1 Å². The van der Waals surface area contributed by atoms with Crippen LogP contribution in [0.2, 0.25) is 0 Å². The Hall–Kier alpha value is -3.50. The zero-order chi connectivity index (χ0) is 28.3. The number of aromatic nitrogens is 3. The molecule has 1 aliphatic carbocycles. The maximum Gasteiger partial charge on any atom is 0.335 e. The lowest BCUT2D eigenvalue weighted by Gasteiger charge is -2.32. The normalized spacial score (nSPS) is 16.5. The summed E-state index contributed by atoms with van der Waals surface area (Å²) in [5.41, 5.74) is 2.71. The van der Waals surface area contributed by atoms with E-state index in [1.165, 1.54) is 25.3 Å². The quantitative estimate of drug-likeness (QED) is 0.217. The second-order valence-electron chi connectivity index (χ2n) is 10.9. The summed E-state index contributed by atoms with van der Waals surface area (Å²) in [7, 11) is 0. The number of halogens is 2. The van der Waals surface area contributed by atoms with Crippen LogP contribution in [0.25, 0.3) is 11.0 Å². The Labute approximate surface area is 246 Å². The number of fused-ring (bicyclic) bond motifs is 1. The Balaban J connectivity index is 1.06. The van der Waals surface area contributed by atoms with E-state index in [1.807, 2.05) is 24.3 Å². The topological polar surface area (TPSA) is 89.7 Å². The Kier molecular flexibility index (Phi) is 8.20. The van der Waals surface area contributed by atoms with Crippen LogP contribution in [-0.4, -0.2) is 49.7 Å². The van der Waals surface area contributed by atoms with Gasteiger partial charge in [0.2, 0.25) is 5.88 Å². The minimum absolute atomic E-state index is 0.0470. The van der Waals surface area contributed by atoms with Gasteiger partial charge >= 0.3 is 5.97 Å². The third-order valence-electron chi connectivity index (χ3n) is 7.98. The number of carbonyl (C=O) groups is 1. The van der Waals surface area contributed by atoms with Crippen molar-refractivity contribution in [2.45, 2.75) is 57.9 Å². The molecule has 1 saturated carbocycles. The van der Waals surface area contributed by atoms with Crippen molar-refractivity contribution in [1.29, 1.82) is 0 Å². The largest absolute Gasteiger partial charge is 0.484 e. The Morgan fingerprint density at radius 1 is 1.05 bits per heavy atom. The van der Waals surface area contributed by atoms with Crippen LogP contribution >= 0.6 is 15.9 Å². The number of hydrogen-bond acceptors (Lipinski definition) is 6. The number of rotatable bonds is 10. The molecule has 0 radical (unpaired) electrons. The van der Waals surface area contributed by atoms with Gasteiger partial charge in [0.1, 0.15) is 18.5 Å². The van der Waals surface area contributed by atoms with Crippen LogP contribution < -0.4 is 9.47 Å². The molecule has 0 unspecified atom stereocenters. The summed E-state index contributed by atoms with van der Waals surface area (Å²) in [6, 6.07) is 15.4. The fraction of sp³-hybridized carbons (Fsp3) is 0.387. The number of hydrogen-bond donors (Lipinski definition) is 1. The first-order valence-corrected chi connectivity index (χ1v) is 14.9. The van der Waals surface area contributed by atoms with Crippen LogP contribution in [0.4, 0.5) is 4.39 Å². The Morgan fingerprint density at radius 2 is 1.88 bits per heavy atom. The lowest BCUT2D eigenvalue weighted by Crippen LogP contribution is -2.38. The lowest BCUT2D eigenvalue weighted by molar-refractivity contribution is 0.0697. The Bertz CT molecular complexity index is 1550. The molecule has 2 aromatic carbocycles. The summed E-state index contributed by atoms with van der Waals surface area (Å²) in [5.74, 6) is 0.987. The smallest absolute Gasteiger partial charge is 0.335 e. The van der Waals surface area contributed by atoms with Crippen molar-refractivity contribution >= 4 is 32.9 Å². The summed E-state index contributed by atoms with van der Waals surface area (Å²) in [6.45, 7) is 3.47. The van der Waals surface area contributed by atoms with Crippen LogP contribution in [0, 0.1) is 11.7 Å².